The van der Waals surface area contributed by atoms with Gasteiger partial charge in [0.25, 0.3) is 0 Å². The largest absolute Gasteiger partial charge is 0.507 e. The topological polar surface area (TPSA) is 81.3 Å². The Morgan fingerprint density at radius 1 is 1.04 bits per heavy atom. The van der Waals surface area contributed by atoms with Gasteiger partial charge in [-0.1, -0.05) is 0 Å². The zero-order valence-electron chi connectivity index (χ0n) is 12.5. The van der Waals surface area contributed by atoms with Gasteiger partial charge in [-0.2, -0.15) is 5.26 Å². The number of phenolic OH excluding ortho intramolecular Hbond substituents is 2. The molecule has 0 aliphatic carbocycles. The summed E-state index contributed by atoms with van der Waals surface area (Å²) in [6.07, 6.45) is 0. The van der Waals surface area contributed by atoms with Crippen LogP contribution in [0, 0.1) is 23.0 Å². The SMILES string of the molecule is N#Cc1cc(-c2ccc(C(=O)c3c(F)ccc(O)c3F)s2)ccc1O. The number of carbonyl (C=O) groups excluding carboxylic acids is 1. The zero-order valence-corrected chi connectivity index (χ0v) is 13.3. The van der Waals surface area contributed by atoms with Crippen molar-refractivity contribution in [3.05, 3.63) is 70.1 Å². The Labute approximate surface area is 144 Å². The Bertz CT molecular complexity index is 1040. The normalized spacial score (nSPS) is 10.4. The van der Waals surface area contributed by atoms with Crippen LogP contribution in [0.5, 0.6) is 11.5 Å². The maximum atomic E-state index is 13.9. The fraction of sp³-hybridized carbons (Fsp3) is 0. The van der Waals surface area contributed by atoms with E-state index in [1.807, 2.05) is 6.07 Å². The van der Waals surface area contributed by atoms with E-state index >= 15 is 0 Å². The molecule has 0 amide bonds. The minimum absolute atomic E-state index is 0.0730. The number of phenols is 2. The average Bonchev–Trinajstić information content (AvgIpc) is 3.09. The van der Waals surface area contributed by atoms with E-state index < -0.39 is 28.7 Å². The molecular formula is C18H9F2NO3S. The quantitative estimate of drug-likeness (QED) is 0.688. The smallest absolute Gasteiger partial charge is 0.209 e. The highest BCUT2D eigenvalue weighted by Gasteiger charge is 2.23. The molecule has 7 heteroatoms. The van der Waals surface area contributed by atoms with Crippen LogP contribution in [0.15, 0.2) is 42.5 Å². The van der Waals surface area contributed by atoms with Crippen molar-refractivity contribution in [2.75, 3.05) is 0 Å². The van der Waals surface area contributed by atoms with Gasteiger partial charge in [0.15, 0.2) is 11.6 Å². The maximum Gasteiger partial charge on any atom is 0.209 e. The van der Waals surface area contributed by atoms with E-state index in [4.69, 9.17) is 5.26 Å². The predicted molar refractivity (Wildman–Crippen MR) is 87.6 cm³/mol. The molecule has 0 unspecified atom stereocenters. The molecule has 1 aromatic heterocycles. The number of nitrogens with zero attached hydrogens (tertiary/aromatic N) is 1. The molecule has 0 spiro atoms. The van der Waals surface area contributed by atoms with E-state index in [9.17, 15) is 23.8 Å². The van der Waals surface area contributed by atoms with Gasteiger partial charge in [-0.05, 0) is 48.0 Å². The highest BCUT2D eigenvalue weighted by Crippen LogP contribution is 2.33. The summed E-state index contributed by atoms with van der Waals surface area (Å²) >= 11 is 0.982. The number of hydrogen-bond acceptors (Lipinski definition) is 5. The molecule has 0 aliphatic rings. The highest BCUT2D eigenvalue weighted by atomic mass is 32.1. The van der Waals surface area contributed by atoms with E-state index in [1.54, 1.807) is 12.1 Å². The number of aromatic hydroxyl groups is 2. The summed E-state index contributed by atoms with van der Waals surface area (Å²) in [4.78, 5) is 13.0. The van der Waals surface area contributed by atoms with Crippen molar-refractivity contribution in [3.8, 4) is 28.0 Å². The maximum absolute atomic E-state index is 13.9. The first-order valence-electron chi connectivity index (χ1n) is 6.97. The standard InChI is InChI=1S/C18H9F2NO3S/c19-11-2-4-13(23)17(20)16(11)18(24)15-6-5-14(25-15)9-1-3-12(22)10(7-9)8-21/h1-7,22-23H. The lowest BCUT2D eigenvalue weighted by Crippen LogP contribution is -2.05. The highest BCUT2D eigenvalue weighted by molar-refractivity contribution is 7.17. The summed E-state index contributed by atoms with van der Waals surface area (Å²) in [6.45, 7) is 0. The summed E-state index contributed by atoms with van der Waals surface area (Å²) in [6, 6.07) is 10.8. The van der Waals surface area contributed by atoms with Crippen LogP contribution in [0.1, 0.15) is 20.8 Å². The van der Waals surface area contributed by atoms with Crippen molar-refractivity contribution in [1.29, 1.82) is 5.26 Å². The summed E-state index contributed by atoms with van der Waals surface area (Å²) in [5.74, 6) is -4.23. The van der Waals surface area contributed by atoms with Crippen LogP contribution in [0.2, 0.25) is 0 Å². The molecule has 124 valence electrons. The molecule has 2 N–H and O–H groups in total. The molecule has 0 radical (unpaired) electrons. The van der Waals surface area contributed by atoms with E-state index in [1.165, 1.54) is 18.2 Å². The van der Waals surface area contributed by atoms with E-state index in [2.05, 4.69) is 0 Å². The minimum Gasteiger partial charge on any atom is -0.507 e. The molecule has 0 bridgehead atoms. The molecule has 0 saturated heterocycles. The van der Waals surface area contributed by atoms with Crippen LogP contribution >= 0.6 is 11.3 Å². The molecule has 1 heterocycles. The zero-order chi connectivity index (χ0) is 18.1. The van der Waals surface area contributed by atoms with Gasteiger partial charge in [0.2, 0.25) is 5.78 Å². The fourth-order valence-corrected chi connectivity index (χ4v) is 3.22. The van der Waals surface area contributed by atoms with Crippen LogP contribution in [-0.2, 0) is 0 Å². The molecule has 0 fully saturated rings. The molecule has 4 nitrogen and oxygen atoms in total. The van der Waals surface area contributed by atoms with Crippen molar-refractivity contribution in [2.45, 2.75) is 0 Å². The Morgan fingerprint density at radius 2 is 1.76 bits per heavy atom. The first kappa shape index (κ1) is 16.6. The molecule has 0 atom stereocenters. The lowest BCUT2D eigenvalue weighted by molar-refractivity contribution is 0.103. The fourth-order valence-electron chi connectivity index (χ4n) is 2.27. The molecule has 2 aromatic carbocycles. The summed E-state index contributed by atoms with van der Waals surface area (Å²) in [5, 5.41) is 27.8. The summed E-state index contributed by atoms with van der Waals surface area (Å²) in [7, 11) is 0. The van der Waals surface area contributed by atoms with Gasteiger partial charge < -0.3 is 10.2 Å². The van der Waals surface area contributed by atoms with Gasteiger partial charge >= 0.3 is 0 Å². The van der Waals surface area contributed by atoms with E-state index in [0.717, 1.165) is 23.5 Å². The number of thiophene rings is 1. The lowest BCUT2D eigenvalue weighted by Gasteiger charge is -2.04. The number of nitriles is 1. The van der Waals surface area contributed by atoms with Crippen LogP contribution < -0.4 is 0 Å². The van der Waals surface area contributed by atoms with Crippen molar-refractivity contribution in [1.82, 2.24) is 0 Å². The third-order valence-electron chi connectivity index (χ3n) is 3.53. The molecule has 25 heavy (non-hydrogen) atoms. The third-order valence-corrected chi connectivity index (χ3v) is 4.66. The van der Waals surface area contributed by atoms with Crippen LogP contribution in [-0.4, -0.2) is 16.0 Å². The Hall–Kier alpha value is -3.24. The Morgan fingerprint density at radius 3 is 2.48 bits per heavy atom. The van der Waals surface area contributed by atoms with Crippen molar-refractivity contribution >= 4 is 17.1 Å². The number of halogens is 2. The van der Waals surface area contributed by atoms with Gasteiger partial charge in [0.1, 0.15) is 17.6 Å². The van der Waals surface area contributed by atoms with E-state index in [-0.39, 0.29) is 16.2 Å². The number of rotatable bonds is 3. The van der Waals surface area contributed by atoms with Crippen LogP contribution in [0.4, 0.5) is 8.78 Å². The molecule has 0 aliphatic heterocycles. The third kappa shape index (κ3) is 2.95. The van der Waals surface area contributed by atoms with Crippen LogP contribution in [0.3, 0.4) is 0 Å². The molecule has 3 rings (SSSR count). The summed E-state index contributed by atoms with van der Waals surface area (Å²) < 4.78 is 27.7. The first-order valence-corrected chi connectivity index (χ1v) is 7.79. The average molecular weight is 357 g/mol. The van der Waals surface area contributed by atoms with Crippen molar-refractivity contribution in [2.24, 2.45) is 0 Å². The van der Waals surface area contributed by atoms with Crippen molar-refractivity contribution in [3.63, 3.8) is 0 Å². The Kier molecular flexibility index (Phi) is 4.21. The summed E-state index contributed by atoms with van der Waals surface area (Å²) in [5.41, 5.74) is -0.170. The van der Waals surface area contributed by atoms with Gasteiger partial charge in [-0.25, -0.2) is 8.78 Å². The second-order valence-corrected chi connectivity index (χ2v) is 6.18. The monoisotopic (exact) mass is 357 g/mol. The van der Waals surface area contributed by atoms with Crippen LogP contribution in [0.25, 0.3) is 10.4 Å². The number of carbonyl (C=O) groups is 1. The first-order chi connectivity index (χ1) is 11.9. The van der Waals surface area contributed by atoms with Gasteiger partial charge in [0.05, 0.1) is 16.0 Å². The minimum atomic E-state index is -1.31. The van der Waals surface area contributed by atoms with Gasteiger partial charge in [0, 0.05) is 4.88 Å². The predicted octanol–water partition coefficient (Wildman–Crippen LogP) is 4.21. The van der Waals surface area contributed by atoms with E-state index in [0.29, 0.717) is 10.4 Å². The van der Waals surface area contributed by atoms with Gasteiger partial charge in [-0.15, -0.1) is 11.3 Å². The lowest BCUT2D eigenvalue weighted by atomic mass is 10.1. The van der Waals surface area contributed by atoms with Crippen molar-refractivity contribution < 1.29 is 23.8 Å². The molecule has 3 aromatic rings. The Balaban J connectivity index is 2.01. The second kappa shape index (κ2) is 6.34. The number of ketones is 1. The molecule has 0 saturated carbocycles. The molecular weight excluding hydrogens is 348 g/mol. The van der Waals surface area contributed by atoms with Gasteiger partial charge in [-0.3, -0.25) is 4.79 Å². The number of hydrogen-bond donors (Lipinski definition) is 2. The second-order valence-electron chi connectivity index (χ2n) is 5.09. The number of benzene rings is 2.